The Kier molecular flexibility index (Phi) is 6.49. The summed E-state index contributed by atoms with van der Waals surface area (Å²) in [5, 5.41) is 12.0. The van der Waals surface area contributed by atoms with E-state index in [1.165, 1.54) is 11.8 Å². The Morgan fingerprint density at radius 2 is 1.85 bits per heavy atom. The van der Waals surface area contributed by atoms with E-state index >= 15 is 0 Å². The molecule has 140 valence electrons. The number of anilines is 1. The fourth-order valence-corrected chi connectivity index (χ4v) is 3.38. The van der Waals surface area contributed by atoms with E-state index in [9.17, 15) is 4.79 Å². The van der Waals surface area contributed by atoms with Gasteiger partial charge in [-0.05, 0) is 37.6 Å². The van der Waals surface area contributed by atoms with Crippen LogP contribution in [0.15, 0.2) is 59.8 Å². The van der Waals surface area contributed by atoms with Gasteiger partial charge in [0.1, 0.15) is 12.4 Å². The zero-order chi connectivity index (χ0) is 19.1. The fourth-order valence-electron chi connectivity index (χ4n) is 2.56. The molecular weight excluding hydrogens is 360 g/mol. The highest BCUT2D eigenvalue weighted by Crippen LogP contribution is 2.21. The third-order valence-corrected chi connectivity index (χ3v) is 4.92. The summed E-state index contributed by atoms with van der Waals surface area (Å²) in [4.78, 5) is 12.1. The van der Waals surface area contributed by atoms with Gasteiger partial charge in [-0.2, -0.15) is 0 Å². The van der Waals surface area contributed by atoms with E-state index in [2.05, 4.69) is 15.5 Å². The summed E-state index contributed by atoms with van der Waals surface area (Å²) in [6, 6.07) is 17.3. The molecule has 0 atom stereocenters. The Morgan fingerprint density at radius 3 is 2.59 bits per heavy atom. The molecule has 0 spiro atoms. The molecule has 0 fully saturated rings. The molecule has 1 heterocycles. The number of aromatic nitrogens is 3. The second kappa shape index (κ2) is 9.23. The molecule has 0 aliphatic carbocycles. The Bertz CT molecular complexity index is 896. The molecule has 3 aromatic rings. The van der Waals surface area contributed by atoms with Gasteiger partial charge in [-0.3, -0.25) is 4.79 Å². The number of amides is 1. The summed E-state index contributed by atoms with van der Waals surface area (Å²) >= 11 is 1.37. The summed E-state index contributed by atoms with van der Waals surface area (Å²) in [6.07, 6.45) is 0. The standard InChI is InChI=1S/C20H22N4O2S/c1-3-24-18(13-26-17-12-8-7-9-15(17)2)22-23-20(24)27-14-19(25)21-16-10-5-4-6-11-16/h4-12H,3,13-14H2,1-2H3,(H,21,25). The number of hydrogen-bond donors (Lipinski definition) is 1. The van der Waals surface area contributed by atoms with Crippen LogP contribution in [0.1, 0.15) is 18.3 Å². The first-order valence-corrected chi connectivity index (χ1v) is 9.74. The Hall–Kier alpha value is -2.80. The lowest BCUT2D eigenvalue weighted by Gasteiger charge is -2.10. The van der Waals surface area contributed by atoms with E-state index in [4.69, 9.17) is 4.74 Å². The van der Waals surface area contributed by atoms with Crippen LogP contribution in [0, 0.1) is 6.92 Å². The van der Waals surface area contributed by atoms with Crippen LogP contribution in [-0.2, 0) is 17.9 Å². The van der Waals surface area contributed by atoms with Gasteiger partial charge in [0, 0.05) is 12.2 Å². The first kappa shape index (κ1) is 19.0. The highest BCUT2D eigenvalue weighted by atomic mass is 32.2. The van der Waals surface area contributed by atoms with Crippen LogP contribution in [0.2, 0.25) is 0 Å². The maximum Gasteiger partial charge on any atom is 0.234 e. The van der Waals surface area contributed by atoms with Gasteiger partial charge >= 0.3 is 0 Å². The molecule has 0 aliphatic rings. The molecule has 0 aliphatic heterocycles. The zero-order valence-electron chi connectivity index (χ0n) is 15.4. The van der Waals surface area contributed by atoms with Crippen molar-refractivity contribution in [2.75, 3.05) is 11.1 Å². The van der Waals surface area contributed by atoms with Crippen LogP contribution in [0.5, 0.6) is 5.75 Å². The monoisotopic (exact) mass is 382 g/mol. The molecule has 27 heavy (non-hydrogen) atoms. The predicted octanol–water partition coefficient (Wildman–Crippen LogP) is 3.92. The van der Waals surface area contributed by atoms with E-state index in [1.807, 2.05) is 73.0 Å². The molecule has 7 heteroatoms. The minimum atomic E-state index is -0.0745. The first-order chi connectivity index (χ1) is 13.2. The number of rotatable bonds is 8. The Morgan fingerprint density at radius 1 is 1.11 bits per heavy atom. The number of carbonyl (C=O) groups excluding carboxylic acids is 1. The normalized spacial score (nSPS) is 10.6. The Labute approximate surface area is 163 Å². The number of para-hydroxylation sites is 2. The third kappa shape index (κ3) is 5.10. The minimum absolute atomic E-state index is 0.0745. The number of nitrogens with one attached hydrogen (secondary N) is 1. The third-order valence-electron chi connectivity index (χ3n) is 3.95. The lowest BCUT2D eigenvalue weighted by Crippen LogP contribution is -2.14. The number of benzene rings is 2. The SMILES string of the molecule is CCn1c(COc2ccccc2C)nnc1SCC(=O)Nc1ccccc1. The van der Waals surface area contributed by atoms with Crippen LogP contribution in [-0.4, -0.2) is 26.4 Å². The van der Waals surface area contributed by atoms with E-state index in [0.717, 1.165) is 22.8 Å². The summed E-state index contributed by atoms with van der Waals surface area (Å²) in [6.45, 7) is 5.08. The van der Waals surface area contributed by atoms with Gasteiger partial charge in [0.2, 0.25) is 5.91 Å². The number of thioether (sulfide) groups is 1. The second-order valence-electron chi connectivity index (χ2n) is 5.90. The van der Waals surface area contributed by atoms with E-state index in [0.29, 0.717) is 18.3 Å². The van der Waals surface area contributed by atoms with E-state index < -0.39 is 0 Å². The summed E-state index contributed by atoms with van der Waals surface area (Å²) < 4.78 is 7.84. The molecule has 6 nitrogen and oxygen atoms in total. The summed E-state index contributed by atoms with van der Waals surface area (Å²) in [5.74, 6) is 1.77. The average Bonchev–Trinajstić information content (AvgIpc) is 3.08. The van der Waals surface area contributed by atoms with Crippen molar-refractivity contribution < 1.29 is 9.53 Å². The molecule has 0 bridgehead atoms. The van der Waals surface area contributed by atoms with Crippen molar-refractivity contribution in [3.63, 3.8) is 0 Å². The molecule has 0 radical (unpaired) electrons. The molecule has 2 aromatic carbocycles. The average molecular weight is 382 g/mol. The van der Waals surface area contributed by atoms with Gasteiger partial charge in [0.25, 0.3) is 0 Å². The summed E-state index contributed by atoms with van der Waals surface area (Å²) in [5.41, 5.74) is 1.86. The van der Waals surface area contributed by atoms with E-state index in [-0.39, 0.29) is 11.7 Å². The smallest absolute Gasteiger partial charge is 0.234 e. The van der Waals surface area contributed by atoms with Crippen molar-refractivity contribution in [1.82, 2.24) is 14.8 Å². The zero-order valence-corrected chi connectivity index (χ0v) is 16.2. The maximum absolute atomic E-state index is 12.1. The van der Waals surface area contributed by atoms with Crippen molar-refractivity contribution in [1.29, 1.82) is 0 Å². The lowest BCUT2D eigenvalue weighted by molar-refractivity contribution is -0.113. The van der Waals surface area contributed by atoms with Crippen molar-refractivity contribution in [2.45, 2.75) is 32.2 Å². The largest absolute Gasteiger partial charge is 0.485 e. The van der Waals surface area contributed by atoms with Crippen LogP contribution >= 0.6 is 11.8 Å². The van der Waals surface area contributed by atoms with Crippen LogP contribution < -0.4 is 10.1 Å². The number of nitrogens with zero attached hydrogens (tertiary/aromatic N) is 3. The van der Waals surface area contributed by atoms with Crippen LogP contribution in [0.3, 0.4) is 0 Å². The topological polar surface area (TPSA) is 69.0 Å². The van der Waals surface area contributed by atoms with Gasteiger partial charge in [-0.1, -0.05) is 48.2 Å². The molecule has 1 amide bonds. The number of ether oxygens (including phenoxy) is 1. The number of aryl methyl sites for hydroxylation is 1. The van der Waals surface area contributed by atoms with Gasteiger partial charge in [-0.15, -0.1) is 10.2 Å². The highest BCUT2D eigenvalue weighted by molar-refractivity contribution is 7.99. The Balaban J connectivity index is 1.58. The van der Waals surface area contributed by atoms with Crippen LogP contribution in [0.25, 0.3) is 0 Å². The van der Waals surface area contributed by atoms with Gasteiger partial charge in [0.15, 0.2) is 11.0 Å². The molecule has 0 unspecified atom stereocenters. The maximum atomic E-state index is 12.1. The predicted molar refractivity (Wildman–Crippen MR) is 107 cm³/mol. The van der Waals surface area contributed by atoms with Gasteiger partial charge in [-0.25, -0.2) is 0 Å². The van der Waals surface area contributed by atoms with Crippen molar-refractivity contribution in [3.05, 3.63) is 66.0 Å². The molecule has 0 saturated heterocycles. The number of hydrogen-bond acceptors (Lipinski definition) is 5. The molecule has 1 N–H and O–H groups in total. The van der Waals surface area contributed by atoms with Crippen molar-refractivity contribution >= 4 is 23.4 Å². The van der Waals surface area contributed by atoms with Gasteiger partial charge < -0.3 is 14.6 Å². The quantitative estimate of drug-likeness (QED) is 0.598. The molecule has 3 rings (SSSR count). The van der Waals surface area contributed by atoms with Crippen LogP contribution in [0.4, 0.5) is 5.69 Å². The van der Waals surface area contributed by atoms with Crippen molar-refractivity contribution in [2.24, 2.45) is 0 Å². The number of carbonyl (C=O) groups is 1. The lowest BCUT2D eigenvalue weighted by atomic mass is 10.2. The second-order valence-corrected chi connectivity index (χ2v) is 6.84. The summed E-state index contributed by atoms with van der Waals surface area (Å²) in [7, 11) is 0. The first-order valence-electron chi connectivity index (χ1n) is 8.75. The molecular formula is C20H22N4O2S. The van der Waals surface area contributed by atoms with Crippen molar-refractivity contribution in [3.8, 4) is 5.75 Å². The molecule has 0 saturated carbocycles. The highest BCUT2D eigenvalue weighted by Gasteiger charge is 2.14. The van der Waals surface area contributed by atoms with Gasteiger partial charge in [0.05, 0.1) is 5.75 Å². The molecule has 1 aromatic heterocycles. The fraction of sp³-hybridized carbons (Fsp3) is 0.250. The van der Waals surface area contributed by atoms with E-state index in [1.54, 1.807) is 0 Å². The minimum Gasteiger partial charge on any atom is -0.485 e.